The third-order valence-corrected chi connectivity index (χ3v) is 5.34. The summed E-state index contributed by atoms with van der Waals surface area (Å²) in [5.74, 6) is -0.838. The maximum Gasteiger partial charge on any atom is 0.278 e. The van der Waals surface area contributed by atoms with Crippen LogP contribution in [0.5, 0.6) is 0 Å². The van der Waals surface area contributed by atoms with E-state index in [0.717, 1.165) is 24.0 Å². The van der Waals surface area contributed by atoms with E-state index < -0.39 is 16.7 Å². The molecule has 33 heavy (non-hydrogen) atoms. The smallest absolute Gasteiger partial charge is 0.278 e. The Bertz CT molecular complexity index is 1060. The number of imide groups is 1. The van der Waals surface area contributed by atoms with Gasteiger partial charge in [-0.2, -0.15) is 0 Å². The number of hydrogen-bond acceptors (Lipinski definition) is 6. The van der Waals surface area contributed by atoms with Crippen LogP contribution in [0.1, 0.15) is 42.9 Å². The number of non-ortho nitro benzene ring substituents is 1. The molecule has 0 atom stereocenters. The van der Waals surface area contributed by atoms with Crippen LogP contribution in [0.2, 0.25) is 0 Å². The maximum absolute atomic E-state index is 13.3. The predicted molar refractivity (Wildman–Crippen MR) is 127 cm³/mol. The van der Waals surface area contributed by atoms with Gasteiger partial charge in [-0.05, 0) is 67.6 Å². The van der Waals surface area contributed by atoms with Crippen molar-refractivity contribution in [3.05, 3.63) is 75.0 Å². The number of rotatable bonds is 11. The zero-order valence-corrected chi connectivity index (χ0v) is 19.2. The van der Waals surface area contributed by atoms with E-state index in [0.29, 0.717) is 30.9 Å². The average molecular weight is 452 g/mol. The third kappa shape index (κ3) is 5.84. The van der Waals surface area contributed by atoms with Gasteiger partial charge in [0, 0.05) is 37.6 Å². The van der Waals surface area contributed by atoms with Gasteiger partial charge in [-0.1, -0.05) is 19.4 Å². The molecule has 1 heterocycles. The molecule has 0 aliphatic carbocycles. The van der Waals surface area contributed by atoms with Crippen molar-refractivity contribution in [2.24, 2.45) is 0 Å². The summed E-state index contributed by atoms with van der Waals surface area (Å²) >= 11 is 0. The second kappa shape index (κ2) is 10.9. The van der Waals surface area contributed by atoms with Crippen LogP contribution in [0.25, 0.3) is 5.57 Å². The Morgan fingerprint density at radius 2 is 1.61 bits per heavy atom. The summed E-state index contributed by atoms with van der Waals surface area (Å²) in [6, 6.07) is 11.5. The molecule has 0 aromatic heterocycles. The maximum atomic E-state index is 13.3. The highest BCUT2D eigenvalue weighted by Gasteiger charge is 2.39. The van der Waals surface area contributed by atoms with E-state index >= 15 is 0 Å². The molecule has 1 aliphatic heterocycles. The largest absolute Gasteiger partial charge is 0.381 e. The van der Waals surface area contributed by atoms with Gasteiger partial charge in [-0.15, -0.1) is 0 Å². The summed E-state index contributed by atoms with van der Waals surface area (Å²) < 4.78 is 5.56. The zero-order chi connectivity index (χ0) is 24.0. The molecule has 3 rings (SSSR count). The normalized spacial score (nSPS) is 13.7. The molecule has 2 aromatic carbocycles. The Kier molecular flexibility index (Phi) is 7.95. The quantitative estimate of drug-likeness (QED) is 0.232. The van der Waals surface area contributed by atoms with E-state index in [-0.39, 0.29) is 23.5 Å². The van der Waals surface area contributed by atoms with Crippen molar-refractivity contribution in [3.8, 4) is 0 Å². The van der Waals surface area contributed by atoms with Gasteiger partial charge in [0.15, 0.2) is 0 Å². The average Bonchev–Trinajstić information content (AvgIpc) is 2.99. The molecular formula is C25H29N3O5. The summed E-state index contributed by atoms with van der Waals surface area (Å²) in [4.78, 5) is 38.3. The molecule has 1 N–H and O–H groups in total. The molecule has 174 valence electrons. The van der Waals surface area contributed by atoms with Gasteiger partial charge in [0.1, 0.15) is 5.70 Å². The summed E-state index contributed by atoms with van der Waals surface area (Å²) in [6.07, 6.45) is 2.54. The molecular weight excluding hydrogens is 422 g/mol. The van der Waals surface area contributed by atoms with E-state index in [1.807, 2.05) is 32.0 Å². The molecule has 8 nitrogen and oxygen atoms in total. The van der Waals surface area contributed by atoms with Crippen molar-refractivity contribution in [1.82, 2.24) is 4.90 Å². The molecule has 2 aromatic rings. The number of amides is 2. The van der Waals surface area contributed by atoms with Gasteiger partial charge in [-0.25, -0.2) is 0 Å². The van der Waals surface area contributed by atoms with Crippen LogP contribution in [0.3, 0.4) is 0 Å². The molecule has 0 bridgehead atoms. The Balaban J connectivity index is 1.88. The molecule has 0 saturated carbocycles. The van der Waals surface area contributed by atoms with Gasteiger partial charge < -0.3 is 10.1 Å². The number of carbonyl (C=O) groups excluding carboxylic acids is 2. The number of anilines is 1. The Labute approximate surface area is 193 Å². The van der Waals surface area contributed by atoms with Crippen LogP contribution < -0.4 is 5.32 Å². The van der Waals surface area contributed by atoms with Crippen LogP contribution in [0.4, 0.5) is 11.4 Å². The molecule has 2 amide bonds. The van der Waals surface area contributed by atoms with Gasteiger partial charge in [0.25, 0.3) is 17.5 Å². The summed E-state index contributed by atoms with van der Waals surface area (Å²) in [5, 5.41) is 14.2. The lowest BCUT2D eigenvalue weighted by atomic mass is 10.0. The number of nitro benzene ring substituents is 1. The first-order valence-electron chi connectivity index (χ1n) is 11.1. The molecule has 1 aliphatic rings. The Morgan fingerprint density at radius 1 is 0.970 bits per heavy atom. The number of nitro groups is 1. The number of nitrogens with one attached hydrogen (secondary N) is 1. The Morgan fingerprint density at radius 3 is 2.21 bits per heavy atom. The lowest BCUT2D eigenvalue weighted by Gasteiger charge is -2.15. The lowest BCUT2D eigenvalue weighted by Crippen LogP contribution is -2.34. The van der Waals surface area contributed by atoms with E-state index in [4.69, 9.17) is 4.74 Å². The summed E-state index contributed by atoms with van der Waals surface area (Å²) in [5.41, 5.74) is 3.49. The first-order valence-corrected chi connectivity index (χ1v) is 11.1. The predicted octanol–water partition coefficient (Wildman–Crippen LogP) is 4.61. The molecule has 8 heteroatoms. The number of carbonyl (C=O) groups is 2. The van der Waals surface area contributed by atoms with Crippen molar-refractivity contribution < 1.29 is 19.2 Å². The van der Waals surface area contributed by atoms with Gasteiger partial charge >= 0.3 is 0 Å². The summed E-state index contributed by atoms with van der Waals surface area (Å²) in [7, 11) is 0. The van der Waals surface area contributed by atoms with Crippen molar-refractivity contribution in [2.75, 3.05) is 25.1 Å². The molecule has 0 unspecified atom stereocenters. The van der Waals surface area contributed by atoms with Crippen LogP contribution >= 0.6 is 0 Å². The highest BCUT2D eigenvalue weighted by molar-refractivity contribution is 6.36. The second-order valence-corrected chi connectivity index (χ2v) is 8.14. The van der Waals surface area contributed by atoms with Crippen molar-refractivity contribution >= 4 is 28.8 Å². The van der Waals surface area contributed by atoms with Gasteiger partial charge in [0.2, 0.25) is 0 Å². The molecule has 0 fully saturated rings. The fraction of sp³-hybridized carbons (Fsp3) is 0.360. The van der Waals surface area contributed by atoms with E-state index in [9.17, 15) is 19.7 Å². The third-order valence-electron chi connectivity index (χ3n) is 5.34. The zero-order valence-electron chi connectivity index (χ0n) is 19.2. The monoisotopic (exact) mass is 451 g/mol. The lowest BCUT2D eigenvalue weighted by molar-refractivity contribution is -0.384. The highest BCUT2D eigenvalue weighted by Crippen LogP contribution is 2.32. The van der Waals surface area contributed by atoms with E-state index in [1.54, 1.807) is 0 Å². The van der Waals surface area contributed by atoms with Crippen LogP contribution in [0.15, 0.2) is 48.2 Å². The van der Waals surface area contributed by atoms with Gasteiger partial charge in [-0.3, -0.25) is 24.6 Å². The van der Waals surface area contributed by atoms with Crippen molar-refractivity contribution in [3.63, 3.8) is 0 Å². The molecule has 0 saturated heterocycles. The minimum atomic E-state index is -0.501. The van der Waals surface area contributed by atoms with Crippen molar-refractivity contribution in [2.45, 2.75) is 40.0 Å². The van der Waals surface area contributed by atoms with Crippen LogP contribution in [-0.2, 0) is 14.3 Å². The standard InChI is InChI=1S/C25H29N3O5/c1-4-5-12-33-13-6-11-27-24(29)22(19-7-9-21(10-8-19)28(31)32)23(25(27)30)26-20-15-17(2)14-18(3)16-20/h7-10,14-16,26H,4-6,11-13H2,1-3H3. The Hall–Kier alpha value is -3.52. The highest BCUT2D eigenvalue weighted by atomic mass is 16.6. The minimum Gasteiger partial charge on any atom is -0.381 e. The van der Waals surface area contributed by atoms with Crippen LogP contribution in [0, 0.1) is 24.0 Å². The topological polar surface area (TPSA) is 102 Å². The van der Waals surface area contributed by atoms with Crippen LogP contribution in [-0.4, -0.2) is 41.4 Å². The number of hydrogen-bond donors (Lipinski definition) is 1. The first kappa shape index (κ1) is 24.1. The fourth-order valence-corrected chi connectivity index (χ4v) is 3.78. The van der Waals surface area contributed by atoms with Gasteiger partial charge in [0.05, 0.1) is 10.5 Å². The fourth-order valence-electron chi connectivity index (χ4n) is 3.78. The van der Waals surface area contributed by atoms with E-state index in [2.05, 4.69) is 12.2 Å². The SMILES string of the molecule is CCCCOCCCN1C(=O)C(Nc2cc(C)cc(C)c2)=C(c2ccc([N+](=O)[O-])cc2)C1=O. The second-order valence-electron chi connectivity index (χ2n) is 8.14. The van der Waals surface area contributed by atoms with Crippen molar-refractivity contribution in [1.29, 1.82) is 0 Å². The first-order chi connectivity index (χ1) is 15.8. The minimum absolute atomic E-state index is 0.0824. The number of nitrogens with zero attached hydrogens (tertiary/aromatic N) is 2. The molecule has 0 radical (unpaired) electrons. The number of aryl methyl sites for hydroxylation is 2. The number of unbranched alkanes of at least 4 members (excludes halogenated alkanes) is 1. The molecule has 0 spiro atoms. The summed E-state index contributed by atoms with van der Waals surface area (Å²) in [6.45, 7) is 7.35. The van der Waals surface area contributed by atoms with E-state index in [1.165, 1.54) is 29.2 Å². The number of benzene rings is 2. The number of ether oxygens (including phenoxy) is 1.